The molecule has 1 aromatic rings. The van der Waals surface area contributed by atoms with Gasteiger partial charge in [0.15, 0.2) is 0 Å². The van der Waals surface area contributed by atoms with Crippen molar-refractivity contribution in [3.63, 3.8) is 0 Å². The van der Waals surface area contributed by atoms with Crippen LogP contribution in [-0.4, -0.2) is 29.5 Å². The van der Waals surface area contributed by atoms with Crippen LogP contribution in [-0.2, 0) is 0 Å². The number of nitro groups is 1. The molecule has 0 radical (unpaired) electrons. The van der Waals surface area contributed by atoms with Gasteiger partial charge in [-0.1, -0.05) is 5.92 Å². The van der Waals surface area contributed by atoms with E-state index in [0.29, 0.717) is 0 Å². The van der Waals surface area contributed by atoms with Crippen LogP contribution in [0.3, 0.4) is 0 Å². The number of nitro benzene ring substituents is 1. The molecule has 0 saturated heterocycles. The van der Waals surface area contributed by atoms with Crippen LogP contribution in [0, 0.1) is 22.5 Å². The molecule has 17 heavy (non-hydrogen) atoms. The first kappa shape index (κ1) is 12.5. The molecule has 0 N–H and O–H groups in total. The topological polar surface area (TPSA) is 72.7 Å². The smallest absolute Gasteiger partial charge is 0.410 e. The SMILES string of the molecule is C#CCN(C)C(=O)Oc1ccc([N+](=O)[O-])cc1. The molecule has 0 aliphatic carbocycles. The van der Waals surface area contributed by atoms with Gasteiger partial charge in [0.1, 0.15) is 5.75 Å². The van der Waals surface area contributed by atoms with Crippen molar-refractivity contribution < 1.29 is 14.5 Å². The van der Waals surface area contributed by atoms with E-state index >= 15 is 0 Å². The van der Waals surface area contributed by atoms with Crippen LogP contribution in [0.5, 0.6) is 5.75 Å². The summed E-state index contributed by atoms with van der Waals surface area (Å²) in [5.74, 6) is 2.52. The molecular weight excluding hydrogens is 224 g/mol. The predicted octanol–water partition coefficient (Wildman–Crippen LogP) is 1.66. The molecule has 1 amide bonds. The first-order valence-electron chi connectivity index (χ1n) is 4.65. The number of hydrogen-bond donors (Lipinski definition) is 0. The molecule has 6 heteroatoms. The van der Waals surface area contributed by atoms with E-state index in [9.17, 15) is 14.9 Å². The maximum atomic E-state index is 11.4. The first-order valence-corrected chi connectivity index (χ1v) is 4.65. The van der Waals surface area contributed by atoms with Crippen LogP contribution in [0.15, 0.2) is 24.3 Å². The zero-order chi connectivity index (χ0) is 12.8. The number of hydrogen-bond acceptors (Lipinski definition) is 4. The average Bonchev–Trinajstić information content (AvgIpc) is 2.30. The van der Waals surface area contributed by atoms with Crippen molar-refractivity contribution in [2.75, 3.05) is 13.6 Å². The normalized spacial score (nSPS) is 9.18. The number of ether oxygens (including phenoxy) is 1. The van der Waals surface area contributed by atoms with Gasteiger partial charge in [-0.15, -0.1) is 6.42 Å². The highest BCUT2D eigenvalue weighted by molar-refractivity contribution is 5.70. The minimum Gasteiger partial charge on any atom is -0.410 e. The van der Waals surface area contributed by atoms with Gasteiger partial charge in [0.2, 0.25) is 0 Å². The molecule has 1 rings (SSSR count). The molecule has 0 fully saturated rings. The van der Waals surface area contributed by atoms with Crippen LogP contribution in [0.4, 0.5) is 10.5 Å². The van der Waals surface area contributed by atoms with Crippen molar-refractivity contribution in [1.82, 2.24) is 4.90 Å². The van der Waals surface area contributed by atoms with Crippen LogP contribution < -0.4 is 4.74 Å². The Morgan fingerprint density at radius 3 is 2.59 bits per heavy atom. The lowest BCUT2D eigenvalue weighted by Crippen LogP contribution is -2.29. The standard InChI is InChI=1S/C11H10N2O4/c1-3-8-12(2)11(14)17-10-6-4-9(5-7-10)13(15)16/h1,4-7H,8H2,2H3. The highest BCUT2D eigenvalue weighted by Gasteiger charge is 2.11. The molecular formula is C11H10N2O4. The molecule has 0 aliphatic heterocycles. The van der Waals surface area contributed by atoms with E-state index in [-0.39, 0.29) is 18.0 Å². The second kappa shape index (κ2) is 5.51. The first-order chi connectivity index (χ1) is 8.04. The third kappa shape index (κ3) is 3.50. The van der Waals surface area contributed by atoms with Crippen molar-refractivity contribution >= 4 is 11.8 Å². The summed E-state index contributed by atoms with van der Waals surface area (Å²) in [7, 11) is 1.49. The fourth-order valence-corrected chi connectivity index (χ4v) is 1.02. The number of rotatable bonds is 3. The number of nitrogens with zero attached hydrogens (tertiary/aromatic N) is 2. The van der Waals surface area contributed by atoms with Gasteiger partial charge in [0.05, 0.1) is 11.5 Å². The van der Waals surface area contributed by atoms with Crippen LogP contribution in [0.2, 0.25) is 0 Å². The Kier molecular flexibility index (Phi) is 4.06. The number of carbonyl (C=O) groups excluding carboxylic acids is 1. The van der Waals surface area contributed by atoms with Gasteiger partial charge in [0, 0.05) is 19.2 Å². The maximum absolute atomic E-state index is 11.4. The van der Waals surface area contributed by atoms with Gasteiger partial charge in [-0.2, -0.15) is 0 Å². The molecule has 6 nitrogen and oxygen atoms in total. The van der Waals surface area contributed by atoms with E-state index in [2.05, 4.69) is 5.92 Å². The Labute approximate surface area is 97.9 Å². The molecule has 0 aliphatic rings. The quantitative estimate of drug-likeness (QED) is 0.453. The summed E-state index contributed by atoms with van der Waals surface area (Å²) in [6.07, 6.45) is 4.43. The zero-order valence-electron chi connectivity index (χ0n) is 9.12. The summed E-state index contributed by atoms with van der Waals surface area (Å²) >= 11 is 0. The number of non-ortho nitro benzene ring substituents is 1. The number of carbonyl (C=O) groups is 1. The molecule has 0 aromatic heterocycles. The molecule has 0 saturated carbocycles. The van der Waals surface area contributed by atoms with Crippen molar-refractivity contribution in [1.29, 1.82) is 0 Å². The van der Waals surface area contributed by atoms with Gasteiger partial charge >= 0.3 is 6.09 Å². The van der Waals surface area contributed by atoms with E-state index in [1.165, 1.54) is 36.2 Å². The van der Waals surface area contributed by atoms with E-state index in [1.807, 2.05) is 0 Å². The Bertz CT molecular complexity index is 461. The summed E-state index contributed by atoms with van der Waals surface area (Å²) in [5.41, 5.74) is -0.0678. The van der Waals surface area contributed by atoms with Gasteiger partial charge in [-0.05, 0) is 12.1 Å². The summed E-state index contributed by atoms with van der Waals surface area (Å²) in [6, 6.07) is 5.20. The van der Waals surface area contributed by atoms with Crippen molar-refractivity contribution in [2.45, 2.75) is 0 Å². The monoisotopic (exact) mass is 234 g/mol. The minimum absolute atomic E-state index is 0.0678. The van der Waals surface area contributed by atoms with Crippen LogP contribution in [0.25, 0.3) is 0 Å². The molecule has 0 unspecified atom stereocenters. The van der Waals surface area contributed by atoms with E-state index < -0.39 is 11.0 Å². The number of benzene rings is 1. The Hall–Kier alpha value is -2.55. The summed E-state index contributed by atoms with van der Waals surface area (Å²) in [4.78, 5) is 22.5. The van der Waals surface area contributed by atoms with Crippen LogP contribution in [0.1, 0.15) is 0 Å². The largest absolute Gasteiger partial charge is 0.415 e. The number of terminal acetylenes is 1. The summed E-state index contributed by atoms with van der Waals surface area (Å²) < 4.78 is 4.93. The van der Waals surface area contributed by atoms with Gasteiger partial charge in [-0.25, -0.2) is 4.79 Å². The van der Waals surface area contributed by atoms with Crippen molar-refractivity contribution in [3.8, 4) is 18.1 Å². The Morgan fingerprint density at radius 2 is 2.12 bits per heavy atom. The molecule has 0 heterocycles. The highest BCUT2D eigenvalue weighted by Crippen LogP contribution is 2.17. The second-order valence-electron chi connectivity index (χ2n) is 3.18. The lowest BCUT2D eigenvalue weighted by Gasteiger charge is -2.13. The highest BCUT2D eigenvalue weighted by atomic mass is 16.6. The molecule has 0 spiro atoms. The molecule has 88 valence electrons. The fourth-order valence-electron chi connectivity index (χ4n) is 1.02. The summed E-state index contributed by atoms with van der Waals surface area (Å²) in [6.45, 7) is 0.131. The molecule has 0 atom stereocenters. The van der Waals surface area contributed by atoms with E-state index in [0.717, 1.165) is 0 Å². The Balaban J connectivity index is 2.67. The zero-order valence-corrected chi connectivity index (χ0v) is 9.12. The molecule has 1 aromatic carbocycles. The summed E-state index contributed by atoms with van der Waals surface area (Å²) in [5, 5.41) is 10.4. The second-order valence-corrected chi connectivity index (χ2v) is 3.18. The van der Waals surface area contributed by atoms with Crippen molar-refractivity contribution in [3.05, 3.63) is 34.4 Å². The predicted molar refractivity (Wildman–Crippen MR) is 60.6 cm³/mol. The minimum atomic E-state index is -0.614. The fraction of sp³-hybridized carbons (Fsp3) is 0.182. The lowest BCUT2D eigenvalue weighted by molar-refractivity contribution is -0.384. The number of amides is 1. The van der Waals surface area contributed by atoms with E-state index in [4.69, 9.17) is 11.2 Å². The Morgan fingerprint density at radius 1 is 1.53 bits per heavy atom. The van der Waals surface area contributed by atoms with Gasteiger partial charge in [0.25, 0.3) is 5.69 Å². The lowest BCUT2D eigenvalue weighted by atomic mass is 10.3. The average molecular weight is 234 g/mol. The third-order valence-electron chi connectivity index (χ3n) is 1.89. The van der Waals surface area contributed by atoms with Gasteiger partial charge < -0.3 is 4.74 Å². The van der Waals surface area contributed by atoms with Crippen molar-refractivity contribution in [2.24, 2.45) is 0 Å². The maximum Gasteiger partial charge on any atom is 0.415 e. The third-order valence-corrected chi connectivity index (χ3v) is 1.89. The van der Waals surface area contributed by atoms with Crippen LogP contribution >= 0.6 is 0 Å². The van der Waals surface area contributed by atoms with Gasteiger partial charge in [-0.3, -0.25) is 15.0 Å². The molecule has 0 bridgehead atoms. The van der Waals surface area contributed by atoms with E-state index in [1.54, 1.807) is 0 Å².